The van der Waals surface area contributed by atoms with Crippen molar-refractivity contribution in [3.63, 3.8) is 0 Å². The van der Waals surface area contributed by atoms with Gasteiger partial charge in [0.05, 0.1) is 16.9 Å². The molecule has 6 nitrogen and oxygen atoms in total. The first kappa shape index (κ1) is 20.8. The molecule has 2 rings (SSSR count). The fourth-order valence-corrected chi connectivity index (χ4v) is 2.57. The van der Waals surface area contributed by atoms with Crippen LogP contribution in [0.5, 0.6) is 5.75 Å². The number of terminal acetylenes is 1. The second-order valence-corrected chi connectivity index (χ2v) is 6.71. The lowest BCUT2D eigenvalue weighted by Gasteiger charge is -2.07. The topological polar surface area (TPSA) is 79.8 Å². The Labute approximate surface area is 174 Å². The fraction of sp³-hybridized carbons (Fsp3) is 0.0556. The van der Waals surface area contributed by atoms with Gasteiger partial charge in [0.1, 0.15) is 12.4 Å². The molecule has 0 aliphatic carbocycles. The zero-order valence-electron chi connectivity index (χ0n) is 13.6. The van der Waals surface area contributed by atoms with Gasteiger partial charge in [-0.15, -0.1) is 6.42 Å². The third-order valence-corrected chi connectivity index (χ3v) is 4.09. The Bertz CT molecular complexity index is 942. The number of rotatable bonds is 5. The molecule has 0 atom stereocenters. The number of anilines is 1. The number of hydrogen-bond donors (Lipinski definition) is 2. The molecule has 2 amide bonds. The van der Waals surface area contributed by atoms with E-state index in [-0.39, 0.29) is 17.3 Å². The van der Waals surface area contributed by atoms with E-state index in [1.165, 1.54) is 18.3 Å². The number of hydrogen-bond acceptors (Lipinski definition) is 4. The van der Waals surface area contributed by atoms with Gasteiger partial charge in [-0.3, -0.25) is 9.59 Å². The van der Waals surface area contributed by atoms with Crippen LogP contribution in [-0.4, -0.2) is 24.6 Å². The smallest absolute Gasteiger partial charge is 0.329 e. The summed E-state index contributed by atoms with van der Waals surface area (Å²) in [6, 6.07) is 9.66. The van der Waals surface area contributed by atoms with Crippen molar-refractivity contribution < 1.29 is 14.3 Å². The highest BCUT2D eigenvalue weighted by atomic mass is 79.9. The summed E-state index contributed by atoms with van der Waals surface area (Å²) in [6.45, 7) is 0.0810. The van der Waals surface area contributed by atoms with Crippen LogP contribution in [0.1, 0.15) is 5.56 Å². The largest absolute Gasteiger partial charge is 0.480 e. The monoisotopic (exact) mass is 467 g/mol. The molecule has 0 heterocycles. The Morgan fingerprint density at radius 2 is 2.00 bits per heavy atom. The van der Waals surface area contributed by atoms with E-state index < -0.39 is 11.8 Å². The number of carbonyl (C=O) groups excluding carboxylic acids is 2. The molecule has 0 aliphatic rings. The van der Waals surface area contributed by atoms with Crippen molar-refractivity contribution in [3.8, 4) is 18.1 Å². The number of nitrogens with one attached hydrogen (secondary N) is 2. The van der Waals surface area contributed by atoms with Crippen LogP contribution in [0, 0.1) is 12.3 Å². The summed E-state index contributed by atoms with van der Waals surface area (Å²) < 4.78 is 6.16. The molecule has 0 radical (unpaired) electrons. The van der Waals surface area contributed by atoms with Gasteiger partial charge in [0.25, 0.3) is 0 Å². The van der Waals surface area contributed by atoms with Gasteiger partial charge in [0, 0.05) is 15.1 Å². The summed E-state index contributed by atoms with van der Waals surface area (Å²) in [7, 11) is 0. The molecular weight excluding hydrogens is 457 g/mol. The van der Waals surface area contributed by atoms with E-state index in [4.69, 9.17) is 34.4 Å². The standard InChI is InChI=1S/C18H12BrCl2N3O3/c1-2-7-27-16-6-3-12(19)8-11(16)10-22-24-18(26)17(25)23-15-9-13(20)4-5-14(15)21/h1,3-6,8-10H,7H2,(H,23,25)(H,24,26)/b22-10-. The summed E-state index contributed by atoms with van der Waals surface area (Å²) in [5.41, 5.74) is 2.89. The molecule has 0 spiro atoms. The number of amides is 2. The summed E-state index contributed by atoms with van der Waals surface area (Å²) in [5, 5.41) is 6.72. The van der Waals surface area contributed by atoms with E-state index in [1.54, 1.807) is 24.3 Å². The SMILES string of the molecule is C#CCOc1ccc(Br)cc1/C=N\NC(=O)C(=O)Nc1cc(Cl)ccc1Cl. The van der Waals surface area contributed by atoms with Crippen LogP contribution in [0.3, 0.4) is 0 Å². The third-order valence-electron chi connectivity index (χ3n) is 3.04. The van der Waals surface area contributed by atoms with Crippen LogP contribution in [0.25, 0.3) is 0 Å². The summed E-state index contributed by atoms with van der Waals surface area (Å²) >= 11 is 15.1. The first-order valence-corrected chi connectivity index (χ1v) is 8.91. The fourth-order valence-electron chi connectivity index (χ4n) is 1.85. The molecule has 2 aromatic carbocycles. The van der Waals surface area contributed by atoms with E-state index in [1.807, 2.05) is 0 Å². The first-order valence-electron chi connectivity index (χ1n) is 7.36. The van der Waals surface area contributed by atoms with Gasteiger partial charge in [-0.25, -0.2) is 5.43 Å². The zero-order chi connectivity index (χ0) is 19.8. The van der Waals surface area contributed by atoms with Crippen LogP contribution < -0.4 is 15.5 Å². The van der Waals surface area contributed by atoms with Crippen molar-refractivity contribution in [1.29, 1.82) is 0 Å². The number of ether oxygens (including phenoxy) is 1. The van der Waals surface area contributed by atoms with Gasteiger partial charge >= 0.3 is 11.8 Å². The molecule has 0 saturated heterocycles. The van der Waals surface area contributed by atoms with Crippen LogP contribution >= 0.6 is 39.1 Å². The van der Waals surface area contributed by atoms with Gasteiger partial charge in [-0.2, -0.15) is 5.10 Å². The highest BCUT2D eigenvalue weighted by Crippen LogP contribution is 2.25. The molecule has 9 heteroatoms. The Morgan fingerprint density at radius 3 is 2.74 bits per heavy atom. The quantitative estimate of drug-likeness (QED) is 0.302. The third kappa shape index (κ3) is 6.29. The molecule has 138 valence electrons. The lowest BCUT2D eigenvalue weighted by molar-refractivity contribution is -0.136. The lowest BCUT2D eigenvalue weighted by atomic mass is 10.2. The Morgan fingerprint density at radius 1 is 1.22 bits per heavy atom. The van der Waals surface area contributed by atoms with Gasteiger partial charge in [0.2, 0.25) is 0 Å². The summed E-state index contributed by atoms with van der Waals surface area (Å²) in [5.74, 6) is 0.901. The summed E-state index contributed by atoms with van der Waals surface area (Å²) in [6.07, 6.45) is 6.50. The molecular formula is C18H12BrCl2N3O3. The van der Waals surface area contributed by atoms with E-state index in [0.29, 0.717) is 16.3 Å². The number of carbonyl (C=O) groups is 2. The average molecular weight is 469 g/mol. The van der Waals surface area contributed by atoms with Crippen molar-refractivity contribution in [3.05, 3.63) is 56.5 Å². The maximum atomic E-state index is 11.9. The normalized spacial score (nSPS) is 10.3. The molecule has 27 heavy (non-hydrogen) atoms. The van der Waals surface area contributed by atoms with Crippen LogP contribution in [0.2, 0.25) is 10.0 Å². The first-order chi connectivity index (χ1) is 12.9. The minimum absolute atomic E-state index is 0.0810. The van der Waals surface area contributed by atoms with Crippen LogP contribution in [0.15, 0.2) is 46.0 Å². The van der Waals surface area contributed by atoms with Crippen molar-refractivity contribution in [2.45, 2.75) is 0 Å². The molecule has 0 saturated carbocycles. The van der Waals surface area contributed by atoms with Crippen molar-refractivity contribution in [2.24, 2.45) is 5.10 Å². The Kier molecular flexibility index (Phi) is 7.67. The second kappa shape index (κ2) is 9.97. The van der Waals surface area contributed by atoms with E-state index in [9.17, 15) is 9.59 Å². The van der Waals surface area contributed by atoms with E-state index in [0.717, 1.165) is 4.47 Å². The molecule has 2 N–H and O–H groups in total. The number of hydrazone groups is 1. The number of halogens is 3. The average Bonchev–Trinajstić information content (AvgIpc) is 2.64. The maximum absolute atomic E-state index is 11.9. The van der Waals surface area contributed by atoms with Crippen molar-refractivity contribution in [2.75, 3.05) is 11.9 Å². The minimum Gasteiger partial charge on any atom is -0.480 e. The number of benzene rings is 2. The molecule has 0 fully saturated rings. The summed E-state index contributed by atoms with van der Waals surface area (Å²) in [4.78, 5) is 23.8. The zero-order valence-corrected chi connectivity index (χ0v) is 16.7. The Balaban J connectivity index is 2.02. The van der Waals surface area contributed by atoms with Crippen LogP contribution in [-0.2, 0) is 9.59 Å². The second-order valence-electron chi connectivity index (χ2n) is 4.95. The van der Waals surface area contributed by atoms with Crippen molar-refractivity contribution in [1.82, 2.24) is 5.43 Å². The predicted molar refractivity (Wildman–Crippen MR) is 109 cm³/mol. The molecule has 0 aliphatic heterocycles. The van der Waals surface area contributed by atoms with Gasteiger partial charge < -0.3 is 10.1 Å². The van der Waals surface area contributed by atoms with Crippen molar-refractivity contribution >= 4 is 62.8 Å². The van der Waals surface area contributed by atoms with E-state index in [2.05, 4.69) is 37.7 Å². The maximum Gasteiger partial charge on any atom is 0.329 e. The van der Waals surface area contributed by atoms with Crippen LogP contribution in [0.4, 0.5) is 5.69 Å². The van der Waals surface area contributed by atoms with E-state index >= 15 is 0 Å². The number of nitrogens with zero attached hydrogens (tertiary/aromatic N) is 1. The molecule has 0 bridgehead atoms. The molecule has 0 unspecified atom stereocenters. The molecule has 2 aromatic rings. The van der Waals surface area contributed by atoms with Gasteiger partial charge in [0.15, 0.2) is 0 Å². The Hall–Kier alpha value is -2.53. The highest BCUT2D eigenvalue weighted by molar-refractivity contribution is 9.10. The lowest BCUT2D eigenvalue weighted by Crippen LogP contribution is -2.32. The van der Waals surface area contributed by atoms with Gasteiger partial charge in [-0.05, 0) is 36.4 Å². The molecule has 0 aromatic heterocycles. The predicted octanol–water partition coefficient (Wildman–Crippen LogP) is 3.86. The van der Waals surface area contributed by atoms with Gasteiger partial charge in [-0.1, -0.05) is 45.1 Å². The highest BCUT2D eigenvalue weighted by Gasteiger charge is 2.15. The minimum atomic E-state index is -0.983.